The normalized spacial score (nSPS) is 10.5. The zero-order valence-corrected chi connectivity index (χ0v) is 5.39. The summed E-state index contributed by atoms with van der Waals surface area (Å²) in [7, 11) is 0. The van der Waals surface area contributed by atoms with Gasteiger partial charge in [0.2, 0.25) is 0 Å². The maximum atomic E-state index is 3.81. The molecule has 0 aromatic carbocycles. The Balaban J connectivity index is 2.86. The second-order valence-electron chi connectivity index (χ2n) is 2.01. The number of aryl methyl sites for hydroxylation is 1. The summed E-state index contributed by atoms with van der Waals surface area (Å²) in [6.07, 6.45) is 3.42. The van der Waals surface area contributed by atoms with E-state index in [1.165, 1.54) is 0 Å². The van der Waals surface area contributed by atoms with Crippen molar-refractivity contribution >= 4 is 5.78 Å². The quantitative estimate of drug-likeness (QED) is 0.503. The van der Waals surface area contributed by atoms with Gasteiger partial charge in [-0.2, -0.15) is 5.10 Å². The van der Waals surface area contributed by atoms with Crippen molar-refractivity contribution < 1.29 is 0 Å². The van der Waals surface area contributed by atoms with Crippen LogP contribution in [0, 0.1) is 6.92 Å². The maximum absolute atomic E-state index is 3.81. The fraction of sp³-hybridized carbons (Fsp3) is 0.200. The molecule has 50 valence electrons. The van der Waals surface area contributed by atoms with Gasteiger partial charge in [0.1, 0.15) is 6.33 Å². The summed E-state index contributed by atoms with van der Waals surface area (Å²) in [6.45, 7) is 1.87. The lowest BCUT2D eigenvalue weighted by atomic mass is 10.5. The Bertz CT molecular complexity index is 352. The van der Waals surface area contributed by atoms with Crippen LogP contribution in [0.2, 0.25) is 0 Å². The van der Waals surface area contributed by atoms with E-state index in [9.17, 15) is 0 Å². The number of nitrogens with zero attached hydrogens (tertiary/aromatic N) is 5. The van der Waals surface area contributed by atoms with Gasteiger partial charge in [-0.25, -0.2) is 0 Å². The lowest BCUT2D eigenvalue weighted by Gasteiger charge is -1.89. The zero-order valence-electron chi connectivity index (χ0n) is 5.39. The van der Waals surface area contributed by atoms with E-state index in [4.69, 9.17) is 0 Å². The fourth-order valence-electron chi connectivity index (χ4n) is 0.750. The van der Waals surface area contributed by atoms with E-state index >= 15 is 0 Å². The Hall–Kier alpha value is -1.52. The van der Waals surface area contributed by atoms with E-state index in [1.807, 2.05) is 13.1 Å². The van der Waals surface area contributed by atoms with E-state index in [0.29, 0.717) is 5.78 Å². The highest BCUT2D eigenvalue weighted by atomic mass is 15.3. The molecular weight excluding hydrogens is 130 g/mol. The molecule has 2 aromatic rings. The number of fused-ring (bicyclic) bond motifs is 1. The smallest absolute Gasteiger partial charge is 0.270 e. The summed E-state index contributed by atoms with van der Waals surface area (Å²) in [6, 6.07) is 0. The highest BCUT2D eigenvalue weighted by molar-refractivity contribution is 5.21. The molecule has 0 atom stereocenters. The molecule has 2 heterocycles. The largest absolute Gasteiger partial charge is 0.273 e. The number of rotatable bonds is 0. The van der Waals surface area contributed by atoms with E-state index in [-0.39, 0.29) is 0 Å². The molecule has 0 radical (unpaired) electrons. The summed E-state index contributed by atoms with van der Waals surface area (Å²) in [5.41, 5.74) is 0.854. The first-order valence-electron chi connectivity index (χ1n) is 2.86. The summed E-state index contributed by atoms with van der Waals surface area (Å²) in [5.74, 6) is 0.533. The van der Waals surface area contributed by atoms with Crippen LogP contribution in [0.1, 0.15) is 5.69 Å². The average Bonchev–Trinajstić information content (AvgIpc) is 2.33. The van der Waals surface area contributed by atoms with Gasteiger partial charge in [-0.05, 0) is 6.92 Å². The molecule has 0 N–H and O–H groups in total. The van der Waals surface area contributed by atoms with Crippen LogP contribution in [0.25, 0.3) is 5.78 Å². The van der Waals surface area contributed by atoms with Gasteiger partial charge in [-0.15, -0.1) is 15.3 Å². The van der Waals surface area contributed by atoms with Crippen LogP contribution >= 0.6 is 0 Å². The van der Waals surface area contributed by atoms with E-state index in [1.54, 1.807) is 10.7 Å². The standard InChI is InChI=1S/C5H5N5/c1-4-2-10-3-6-8-5(10)9-7-4/h2-3H,1H3. The minimum atomic E-state index is 0.533. The van der Waals surface area contributed by atoms with Crippen LogP contribution in [0.3, 0.4) is 0 Å². The van der Waals surface area contributed by atoms with Crippen molar-refractivity contribution in [3.63, 3.8) is 0 Å². The van der Waals surface area contributed by atoms with Gasteiger partial charge in [0.25, 0.3) is 5.78 Å². The monoisotopic (exact) mass is 135 g/mol. The first-order chi connectivity index (χ1) is 4.86. The number of aromatic nitrogens is 5. The Morgan fingerprint density at radius 3 is 3.10 bits per heavy atom. The summed E-state index contributed by atoms with van der Waals surface area (Å²) in [4.78, 5) is 0. The minimum Gasteiger partial charge on any atom is -0.270 e. The second-order valence-corrected chi connectivity index (χ2v) is 2.01. The van der Waals surface area contributed by atoms with Crippen LogP contribution in [-0.2, 0) is 0 Å². The Morgan fingerprint density at radius 1 is 1.30 bits per heavy atom. The van der Waals surface area contributed by atoms with Crippen molar-refractivity contribution in [3.8, 4) is 0 Å². The molecule has 0 unspecified atom stereocenters. The Morgan fingerprint density at radius 2 is 2.20 bits per heavy atom. The van der Waals surface area contributed by atoms with E-state index in [0.717, 1.165) is 5.69 Å². The predicted octanol–water partition coefficient (Wildman–Crippen LogP) is -0.172. The predicted molar refractivity (Wildman–Crippen MR) is 33.3 cm³/mol. The molecule has 0 aliphatic carbocycles. The van der Waals surface area contributed by atoms with Crippen molar-refractivity contribution in [1.82, 2.24) is 24.8 Å². The second kappa shape index (κ2) is 1.73. The highest BCUT2D eigenvalue weighted by Gasteiger charge is 1.94. The van der Waals surface area contributed by atoms with Gasteiger partial charge in [0.15, 0.2) is 0 Å². The summed E-state index contributed by atoms with van der Waals surface area (Å²) < 4.78 is 1.72. The van der Waals surface area contributed by atoms with Crippen LogP contribution in [0.5, 0.6) is 0 Å². The molecule has 0 fully saturated rings. The van der Waals surface area contributed by atoms with E-state index < -0.39 is 0 Å². The molecule has 0 saturated carbocycles. The Kier molecular flexibility index (Phi) is 0.913. The molecule has 5 heteroatoms. The topological polar surface area (TPSA) is 56.0 Å². The minimum absolute atomic E-state index is 0.533. The van der Waals surface area contributed by atoms with Gasteiger partial charge < -0.3 is 0 Å². The summed E-state index contributed by atoms with van der Waals surface area (Å²) in [5, 5.41) is 14.9. The van der Waals surface area contributed by atoms with Crippen molar-refractivity contribution in [2.24, 2.45) is 0 Å². The van der Waals surface area contributed by atoms with Gasteiger partial charge in [-0.1, -0.05) is 0 Å². The first-order valence-corrected chi connectivity index (χ1v) is 2.86. The van der Waals surface area contributed by atoms with Crippen molar-refractivity contribution in [2.75, 3.05) is 0 Å². The van der Waals surface area contributed by atoms with Crippen LogP contribution in [0.15, 0.2) is 12.5 Å². The molecular formula is C5H5N5. The maximum Gasteiger partial charge on any atom is 0.273 e. The van der Waals surface area contributed by atoms with Gasteiger partial charge in [0, 0.05) is 6.20 Å². The molecule has 10 heavy (non-hydrogen) atoms. The summed E-state index contributed by atoms with van der Waals surface area (Å²) >= 11 is 0. The van der Waals surface area contributed by atoms with Crippen LogP contribution in [-0.4, -0.2) is 24.8 Å². The first kappa shape index (κ1) is 5.28. The molecule has 0 bridgehead atoms. The van der Waals surface area contributed by atoms with E-state index in [2.05, 4.69) is 20.4 Å². The van der Waals surface area contributed by atoms with Crippen molar-refractivity contribution in [3.05, 3.63) is 18.2 Å². The average molecular weight is 135 g/mol. The lowest BCUT2D eigenvalue weighted by Crippen LogP contribution is -1.92. The number of hydrogen-bond acceptors (Lipinski definition) is 4. The molecule has 5 nitrogen and oxygen atoms in total. The zero-order chi connectivity index (χ0) is 6.97. The third kappa shape index (κ3) is 0.637. The molecule has 0 aliphatic heterocycles. The molecule has 0 aliphatic rings. The molecule has 0 saturated heterocycles. The van der Waals surface area contributed by atoms with Crippen molar-refractivity contribution in [2.45, 2.75) is 6.92 Å². The van der Waals surface area contributed by atoms with Gasteiger partial charge >= 0.3 is 0 Å². The molecule has 0 spiro atoms. The third-order valence-corrected chi connectivity index (χ3v) is 1.18. The SMILES string of the molecule is Cc1cn2cnnc2nn1. The highest BCUT2D eigenvalue weighted by Crippen LogP contribution is 1.92. The lowest BCUT2D eigenvalue weighted by molar-refractivity contribution is 0.923. The molecule has 0 amide bonds. The third-order valence-electron chi connectivity index (χ3n) is 1.18. The molecule has 2 rings (SSSR count). The van der Waals surface area contributed by atoms with Crippen LogP contribution in [0.4, 0.5) is 0 Å². The Labute approximate surface area is 56.7 Å². The van der Waals surface area contributed by atoms with Crippen LogP contribution < -0.4 is 0 Å². The molecule has 2 aromatic heterocycles. The van der Waals surface area contributed by atoms with Crippen molar-refractivity contribution in [1.29, 1.82) is 0 Å². The van der Waals surface area contributed by atoms with Gasteiger partial charge in [-0.3, -0.25) is 4.40 Å². The number of hydrogen-bond donors (Lipinski definition) is 0. The van der Waals surface area contributed by atoms with Gasteiger partial charge in [0.05, 0.1) is 5.69 Å². The fourth-order valence-corrected chi connectivity index (χ4v) is 0.750.